The Morgan fingerprint density at radius 1 is 1.08 bits per heavy atom. The van der Waals surface area contributed by atoms with Crippen molar-refractivity contribution in [3.8, 4) is 5.75 Å². The standard InChI is InChI=1S/C19H19ClN2O2S/c1-14(15-7-3-2-4-8-15)13-18-21-22-19(24-18)25-12-11-23-17-10-6-5-9-16(17)20/h2-10,14H,11-13H2,1H3. The Balaban J connectivity index is 1.45. The minimum absolute atomic E-state index is 0.336. The number of hydrogen-bond acceptors (Lipinski definition) is 5. The molecule has 1 atom stereocenters. The largest absolute Gasteiger partial charge is 0.491 e. The summed E-state index contributed by atoms with van der Waals surface area (Å²) in [6.45, 7) is 2.68. The molecule has 0 radical (unpaired) electrons. The predicted molar refractivity (Wildman–Crippen MR) is 101 cm³/mol. The third-order valence-electron chi connectivity index (χ3n) is 3.70. The fourth-order valence-electron chi connectivity index (χ4n) is 2.38. The minimum atomic E-state index is 0.336. The first kappa shape index (κ1) is 17.8. The van der Waals surface area contributed by atoms with Gasteiger partial charge in [0.15, 0.2) is 0 Å². The molecule has 0 aliphatic carbocycles. The Morgan fingerprint density at radius 2 is 1.84 bits per heavy atom. The van der Waals surface area contributed by atoms with Crippen LogP contribution in [0, 0.1) is 0 Å². The van der Waals surface area contributed by atoms with Gasteiger partial charge < -0.3 is 9.15 Å². The van der Waals surface area contributed by atoms with E-state index in [0.29, 0.717) is 40.2 Å². The lowest BCUT2D eigenvalue weighted by Crippen LogP contribution is -2.00. The van der Waals surface area contributed by atoms with E-state index in [0.717, 1.165) is 6.42 Å². The van der Waals surface area contributed by atoms with Crippen molar-refractivity contribution in [3.63, 3.8) is 0 Å². The minimum Gasteiger partial charge on any atom is -0.491 e. The van der Waals surface area contributed by atoms with Crippen LogP contribution in [0.2, 0.25) is 5.02 Å². The fraction of sp³-hybridized carbons (Fsp3) is 0.263. The summed E-state index contributed by atoms with van der Waals surface area (Å²) in [5.41, 5.74) is 1.27. The Kier molecular flexibility index (Phi) is 6.36. The molecule has 4 nitrogen and oxygen atoms in total. The van der Waals surface area contributed by atoms with Crippen molar-refractivity contribution in [3.05, 3.63) is 71.1 Å². The zero-order valence-corrected chi connectivity index (χ0v) is 15.5. The van der Waals surface area contributed by atoms with E-state index in [1.165, 1.54) is 17.3 Å². The number of aromatic nitrogens is 2. The number of benzene rings is 2. The topological polar surface area (TPSA) is 48.2 Å². The Bertz CT molecular complexity index is 795. The van der Waals surface area contributed by atoms with E-state index in [1.807, 2.05) is 42.5 Å². The second kappa shape index (κ2) is 8.92. The lowest BCUT2D eigenvalue weighted by Gasteiger charge is -2.08. The highest BCUT2D eigenvalue weighted by Gasteiger charge is 2.12. The van der Waals surface area contributed by atoms with Gasteiger partial charge in [-0.25, -0.2) is 0 Å². The van der Waals surface area contributed by atoms with Gasteiger partial charge in [-0.2, -0.15) is 0 Å². The lowest BCUT2D eigenvalue weighted by atomic mass is 9.98. The molecule has 6 heteroatoms. The van der Waals surface area contributed by atoms with Gasteiger partial charge in [-0.3, -0.25) is 0 Å². The van der Waals surface area contributed by atoms with Crippen LogP contribution in [0.5, 0.6) is 5.75 Å². The predicted octanol–water partition coefficient (Wildman–Crippen LogP) is 5.24. The summed E-state index contributed by atoms with van der Waals surface area (Å²) in [6, 6.07) is 17.8. The average molecular weight is 375 g/mol. The molecule has 25 heavy (non-hydrogen) atoms. The van der Waals surface area contributed by atoms with Gasteiger partial charge in [0.05, 0.1) is 11.6 Å². The monoisotopic (exact) mass is 374 g/mol. The van der Waals surface area contributed by atoms with Gasteiger partial charge in [0.25, 0.3) is 5.22 Å². The summed E-state index contributed by atoms with van der Waals surface area (Å²) in [5, 5.41) is 9.40. The molecule has 0 aliphatic heterocycles. The molecule has 1 unspecified atom stereocenters. The molecule has 0 bridgehead atoms. The van der Waals surface area contributed by atoms with E-state index in [2.05, 4.69) is 29.3 Å². The number of ether oxygens (including phenoxy) is 1. The number of rotatable bonds is 8. The normalized spacial score (nSPS) is 12.1. The van der Waals surface area contributed by atoms with Crippen molar-refractivity contribution in [1.82, 2.24) is 10.2 Å². The molecule has 0 spiro atoms. The molecule has 0 saturated heterocycles. The van der Waals surface area contributed by atoms with Crippen LogP contribution in [0.25, 0.3) is 0 Å². The van der Waals surface area contributed by atoms with Crippen molar-refractivity contribution in [1.29, 1.82) is 0 Å². The number of nitrogens with zero attached hydrogens (tertiary/aromatic N) is 2. The molecule has 0 amide bonds. The lowest BCUT2D eigenvalue weighted by molar-refractivity contribution is 0.343. The highest BCUT2D eigenvalue weighted by Crippen LogP contribution is 2.25. The molecule has 2 aromatic carbocycles. The smallest absolute Gasteiger partial charge is 0.276 e. The third kappa shape index (κ3) is 5.25. The van der Waals surface area contributed by atoms with Crippen LogP contribution in [0.15, 0.2) is 64.2 Å². The first-order valence-corrected chi connectivity index (χ1v) is 9.46. The van der Waals surface area contributed by atoms with Gasteiger partial charge in [0.1, 0.15) is 5.75 Å². The van der Waals surface area contributed by atoms with Crippen LogP contribution in [-0.2, 0) is 6.42 Å². The highest BCUT2D eigenvalue weighted by atomic mass is 35.5. The molecule has 130 valence electrons. The van der Waals surface area contributed by atoms with Crippen molar-refractivity contribution >= 4 is 23.4 Å². The SMILES string of the molecule is CC(Cc1nnc(SCCOc2ccccc2Cl)o1)c1ccccc1. The second-order valence-corrected chi connectivity index (χ2v) is 7.06. The van der Waals surface area contributed by atoms with Crippen LogP contribution in [0.4, 0.5) is 0 Å². The fourth-order valence-corrected chi connectivity index (χ4v) is 3.17. The summed E-state index contributed by atoms with van der Waals surface area (Å²) in [7, 11) is 0. The molecule has 0 aliphatic rings. The first-order chi connectivity index (χ1) is 12.2. The molecule has 3 rings (SSSR count). The van der Waals surface area contributed by atoms with Gasteiger partial charge in [-0.15, -0.1) is 10.2 Å². The maximum Gasteiger partial charge on any atom is 0.276 e. The van der Waals surface area contributed by atoms with Crippen LogP contribution in [-0.4, -0.2) is 22.6 Å². The maximum absolute atomic E-state index is 6.05. The van der Waals surface area contributed by atoms with Crippen molar-refractivity contribution in [2.75, 3.05) is 12.4 Å². The average Bonchev–Trinajstić information content (AvgIpc) is 3.08. The van der Waals surface area contributed by atoms with Crippen LogP contribution in [0.1, 0.15) is 24.3 Å². The van der Waals surface area contributed by atoms with Crippen LogP contribution in [0.3, 0.4) is 0 Å². The number of thioether (sulfide) groups is 1. The van der Waals surface area contributed by atoms with Crippen molar-refractivity contribution in [2.45, 2.75) is 24.5 Å². The molecule has 3 aromatic rings. The molecular weight excluding hydrogens is 356 g/mol. The summed E-state index contributed by atoms with van der Waals surface area (Å²) < 4.78 is 11.4. The zero-order valence-electron chi connectivity index (χ0n) is 13.9. The van der Waals surface area contributed by atoms with Gasteiger partial charge in [0.2, 0.25) is 5.89 Å². The van der Waals surface area contributed by atoms with E-state index >= 15 is 0 Å². The van der Waals surface area contributed by atoms with E-state index < -0.39 is 0 Å². The molecule has 1 heterocycles. The van der Waals surface area contributed by atoms with Gasteiger partial charge in [-0.05, 0) is 23.6 Å². The highest BCUT2D eigenvalue weighted by molar-refractivity contribution is 7.99. The van der Waals surface area contributed by atoms with Crippen LogP contribution >= 0.6 is 23.4 Å². The summed E-state index contributed by atoms with van der Waals surface area (Å²) in [5.74, 6) is 2.39. The third-order valence-corrected chi connectivity index (χ3v) is 4.80. The van der Waals surface area contributed by atoms with E-state index in [9.17, 15) is 0 Å². The van der Waals surface area contributed by atoms with E-state index in [4.69, 9.17) is 20.8 Å². The van der Waals surface area contributed by atoms with Crippen LogP contribution < -0.4 is 4.74 Å². The Labute approximate surface area is 156 Å². The Hall–Kier alpha value is -1.98. The number of hydrogen-bond donors (Lipinski definition) is 0. The van der Waals surface area contributed by atoms with Crippen molar-refractivity contribution < 1.29 is 9.15 Å². The second-order valence-electron chi connectivity index (χ2n) is 5.60. The number of halogens is 1. The quantitative estimate of drug-likeness (QED) is 0.398. The molecule has 1 aromatic heterocycles. The molecular formula is C19H19ClN2O2S. The van der Waals surface area contributed by atoms with Crippen molar-refractivity contribution in [2.24, 2.45) is 0 Å². The molecule has 0 N–H and O–H groups in total. The van der Waals surface area contributed by atoms with Gasteiger partial charge in [-0.1, -0.05) is 72.8 Å². The van der Waals surface area contributed by atoms with Gasteiger partial charge in [0, 0.05) is 12.2 Å². The maximum atomic E-state index is 6.05. The Morgan fingerprint density at radius 3 is 2.64 bits per heavy atom. The summed E-state index contributed by atoms with van der Waals surface area (Å²) in [6.07, 6.45) is 0.730. The van der Waals surface area contributed by atoms with E-state index in [-0.39, 0.29) is 0 Å². The van der Waals surface area contributed by atoms with E-state index in [1.54, 1.807) is 0 Å². The van der Waals surface area contributed by atoms with Gasteiger partial charge >= 0.3 is 0 Å². The number of para-hydroxylation sites is 1. The summed E-state index contributed by atoms with van der Waals surface area (Å²) >= 11 is 7.53. The first-order valence-electron chi connectivity index (χ1n) is 8.10. The molecule has 0 fully saturated rings. The zero-order chi connectivity index (χ0) is 17.5. The summed E-state index contributed by atoms with van der Waals surface area (Å²) in [4.78, 5) is 0. The molecule has 0 saturated carbocycles.